The number of ether oxygens (including phenoxy) is 2. The van der Waals surface area contributed by atoms with Gasteiger partial charge in [-0.3, -0.25) is 0 Å². The molecule has 1 unspecified atom stereocenters. The second-order valence-electron chi connectivity index (χ2n) is 3.38. The summed E-state index contributed by atoms with van der Waals surface area (Å²) in [5.41, 5.74) is 0. The molecule has 0 heterocycles. The predicted octanol–water partition coefficient (Wildman–Crippen LogP) is 3.84. The van der Waals surface area contributed by atoms with Crippen molar-refractivity contribution in [2.45, 2.75) is 45.4 Å². The molecule has 0 fully saturated rings. The van der Waals surface area contributed by atoms with Crippen LogP contribution in [0.2, 0.25) is 0 Å². The zero-order valence-electron chi connectivity index (χ0n) is 9.92. The van der Waals surface area contributed by atoms with Crippen LogP contribution in [0.1, 0.15) is 33.1 Å². The summed E-state index contributed by atoms with van der Waals surface area (Å²) in [7, 11) is 0. The highest BCUT2D eigenvalue weighted by Crippen LogP contribution is 2.18. The fourth-order valence-electron chi connectivity index (χ4n) is 1.09. The van der Waals surface area contributed by atoms with E-state index in [1.807, 2.05) is 6.92 Å². The minimum Gasteiger partial charge on any atom is -0.435 e. The van der Waals surface area contributed by atoms with E-state index in [-0.39, 0.29) is 12.7 Å². The summed E-state index contributed by atoms with van der Waals surface area (Å²) in [5, 5.41) is 0. The molecular weight excluding hydrogens is 237 g/mol. The average molecular weight is 254 g/mol. The van der Waals surface area contributed by atoms with Crippen LogP contribution in [0.4, 0.5) is 18.0 Å². The molecule has 17 heavy (non-hydrogen) atoms. The molecule has 100 valence electrons. The Morgan fingerprint density at radius 1 is 1.35 bits per heavy atom. The van der Waals surface area contributed by atoms with Gasteiger partial charge in [0.15, 0.2) is 0 Å². The molecule has 0 rings (SSSR count). The number of halogens is 3. The topological polar surface area (TPSA) is 35.5 Å². The molecule has 6 heteroatoms. The summed E-state index contributed by atoms with van der Waals surface area (Å²) in [6.45, 7) is 3.62. The Kier molecular flexibility index (Phi) is 7.41. The van der Waals surface area contributed by atoms with E-state index >= 15 is 0 Å². The molecule has 0 aliphatic heterocycles. The average Bonchev–Trinajstić information content (AvgIpc) is 2.21. The van der Waals surface area contributed by atoms with Gasteiger partial charge in [0, 0.05) is 6.08 Å². The molecule has 0 spiro atoms. The van der Waals surface area contributed by atoms with E-state index in [2.05, 4.69) is 4.74 Å². The van der Waals surface area contributed by atoms with Crippen LogP contribution in [0, 0.1) is 0 Å². The Morgan fingerprint density at radius 2 is 2.00 bits per heavy atom. The van der Waals surface area contributed by atoms with Crippen molar-refractivity contribution in [2.75, 3.05) is 6.61 Å². The van der Waals surface area contributed by atoms with Crippen LogP contribution in [-0.4, -0.2) is 25.0 Å². The first kappa shape index (κ1) is 15.8. The number of hydrogen-bond acceptors (Lipinski definition) is 3. The zero-order chi connectivity index (χ0) is 13.3. The summed E-state index contributed by atoms with van der Waals surface area (Å²) in [4.78, 5) is 11.0. The third-order valence-electron chi connectivity index (χ3n) is 1.85. The Balaban J connectivity index is 4.32. The highest BCUT2D eigenvalue weighted by molar-refractivity contribution is 5.60. The Labute approximate surface area is 98.6 Å². The van der Waals surface area contributed by atoms with Crippen molar-refractivity contribution < 1.29 is 27.4 Å². The molecule has 0 amide bonds. The number of rotatable bonds is 6. The molecule has 1 atom stereocenters. The minimum absolute atomic E-state index is 0.0759. The minimum atomic E-state index is -4.40. The normalized spacial score (nSPS) is 13.7. The van der Waals surface area contributed by atoms with Gasteiger partial charge in [0.05, 0.1) is 6.61 Å². The lowest BCUT2D eigenvalue weighted by Gasteiger charge is -2.13. The second kappa shape index (κ2) is 7.97. The molecule has 3 nitrogen and oxygen atoms in total. The number of unbranched alkanes of at least 4 members (excludes halogenated alkanes) is 1. The molecule has 0 aliphatic rings. The molecule has 0 saturated heterocycles. The standard InChI is InChI=1S/C11H17F3O3/c1-3-5-6-9(7-8-11(12,13)14)17-10(15)16-4-2/h7-9H,3-6H2,1-2H3/b8-7+. The van der Waals surface area contributed by atoms with Crippen LogP contribution in [0.15, 0.2) is 12.2 Å². The predicted molar refractivity (Wildman–Crippen MR) is 56.6 cm³/mol. The molecule has 0 aromatic rings. The molecule has 0 aromatic carbocycles. The molecule has 0 radical (unpaired) electrons. The van der Waals surface area contributed by atoms with Crippen molar-refractivity contribution in [2.24, 2.45) is 0 Å². The van der Waals surface area contributed by atoms with Crippen molar-refractivity contribution in [1.82, 2.24) is 0 Å². The van der Waals surface area contributed by atoms with E-state index in [9.17, 15) is 18.0 Å². The Bertz CT molecular complexity index is 249. The van der Waals surface area contributed by atoms with E-state index < -0.39 is 18.4 Å². The SMILES string of the molecule is CCCCC(/C=C/C(F)(F)F)OC(=O)OCC. The first-order valence-electron chi connectivity index (χ1n) is 5.48. The number of allylic oxidation sites excluding steroid dienone is 1. The van der Waals surface area contributed by atoms with E-state index in [1.54, 1.807) is 6.92 Å². The fourth-order valence-corrected chi connectivity index (χ4v) is 1.09. The van der Waals surface area contributed by atoms with Crippen molar-refractivity contribution in [3.63, 3.8) is 0 Å². The first-order valence-corrected chi connectivity index (χ1v) is 5.48. The maximum absolute atomic E-state index is 12.0. The highest BCUT2D eigenvalue weighted by Gasteiger charge is 2.23. The van der Waals surface area contributed by atoms with E-state index in [4.69, 9.17) is 4.74 Å². The first-order chi connectivity index (χ1) is 7.89. The van der Waals surface area contributed by atoms with Gasteiger partial charge in [-0.15, -0.1) is 0 Å². The van der Waals surface area contributed by atoms with Gasteiger partial charge in [-0.25, -0.2) is 4.79 Å². The highest BCUT2D eigenvalue weighted by atomic mass is 19.4. The maximum Gasteiger partial charge on any atom is 0.508 e. The van der Waals surface area contributed by atoms with Crippen LogP contribution in [-0.2, 0) is 9.47 Å². The molecule has 0 aromatic heterocycles. The van der Waals surface area contributed by atoms with Gasteiger partial charge in [0.2, 0.25) is 0 Å². The van der Waals surface area contributed by atoms with Crippen LogP contribution in [0.5, 0.6) is 0 Å². The van der Waals surface area contributed by atoms with Crippen LogP contribution in [0.3, 0.4) is 0 Å². The third-order valence-corrected chi connectivity index (χ3v) is 1.85. The smallest absolute Gasteiger partial charge is 0.435 e. The summed E-state index contributed by atoms with van der Waals surface area (Å²) in [6, 6.07) is 0. The number of alkyl halides is 3. The molecule has 0 saturated carbocycles. The number of hydrogen-bond donors (Lipinski definition) is 0. The quantitative estimate of drug-likeness (QED) is 0.533. The number of carbonyl (C=O) groups excluding carboxylic acids is 1. The largest absolute Gasteiger partial charge is 0.508 e. The monoisotopic (exact) mass is 254 g/mol. The summed E-state index contributed by atoms with van der Waals surface area (Å²) in [5.74, 6) is 0. The summed E-state index contributed by atoms with van der Waals surface area (Å²) < 4.78 is 45.1. The lowest BCUT2D eigenvalue weighted by atomic mass is 10.1. The molecular formula is C11H17F3O3. The van der Waals surface area contributed by atoms with E-state index in [0.717, 1.165) is 12.5 Å². The van der Waals surface area contributed by atoms with E-state index in [1.165, 1.54) is 0 Å². The second-order valence-corrected chi connectivity index (χ2v) is 3.38. The van der Waals surface area contributed by atoms with Gasteiger partial charge in [-0.2, -0.15) is 13.2 Å². The van der Waals surface area contributed by atoms with Crippen molar-refractivity contribution in [3.8, 4) is 0 Å². The lowest BCUT2D eigenvalue weighted by Crippen LogP contribution is -2.18. The molecule has 0 aliphatic carbocycles. The Morgan fingerprint density at radius 3 is 2.47 bits per heavy atom. The van der Waals surface area contributed by atoms with E-state index in [0.29, 0.717) is 12.8 Å². The van der Waals surface area contributed by atoms with Gasteiger partial charge < -0.3 is 9.47 Å². The molecule has 0 bridgehead atoms. The Hall–Kier alpha value is -1.20. The van der Waals surface area contributed by atoms with Crippen molar-refractivity contribution in [1.29, 1.82) is 0 Å². The van der Waals surface area contributed by atoms with Crippen LogP contribution < -0.4 is 0 Å². The summed E-state index contributed by atoms with van der Waals surface area (Å²) >= 11 is 0. The van der Waals surface area contributed by atoms with Gasteiger partial charge in [-0.05, 0) is 25.8 Å². The van der Waals surface area contributed by atoms with Gasteiger partial charge >= 0.3 is 12.3 Å². The van der Waals surface area contributed by atoms with Crippen molar-refractivity contribution in [3.05, 3.63) is 12.2 Å². The van der Waals surface area contributed by atoms with Gasteiger partial charge in [0.25, 0.3) is 0 Å². The zero-order valence-corrected chi connectivity index (χ0v) is 9.92. The van der Waals surface area contributed by atoms with Crippen LogP contribution in [0.25, 0.3) is 0 Å². The van der Waals surface area contributed by atoms with Crippen LogP contribution >= 0.6 is 0 Å². The number of carbonyl (C=O) groups is 1. The third kappa shape index (κ3) is 9.71. The van der Waals surface area contributed by atoms with Crippen molar-refractivity contribution >= 4 is 6.16 Å². The maximum atomic E-state index is 12.0. The molecule has 0 N–H and O–H groups in total. The summed E-state index contributed by atoms with van der Waals surface area (Å²) in [6.07, 6.45) is -3.49. The van der Waals surface area contributed by atoms with Gasteiger partial charge in [0.1, 0.15) is 6.10 Å². The van der Waals surface area contributed by atoms with Gasteiger partial charge in [-0.1, -0.05) is 13.3 Å². The lowest BCUT2D eigenvalue weighted by molar-refractivity contribution is -0.0808. The fraction of sp³-hybridized carbons (Fsp3) is 0.727.